The zero-order valence-electron chi connectivity index (χ0n) is 12.4. The lowest BCUT2D eigenvalue weighted by atomic mass is 9.98. The molecule has 1 saturated carbocycles. The second-order valence-electron chi connectivity index (χ2n) is 6.94. The van der Waals surface area contributed by atoms with E-state index in [0.717, 1.165) is 51.4 Å². The van der Waals surface area contributed by atoms with Crippen molar-refractivity contribution in [2.45, 2.75) is 62.7 Å². The molecule has 0 aromatic carbocycles. The number of carbonyl (C=O) groups is 2. The maximum atomic E-state index is 12.7. The van der Waals surface area contributed by atoms with E-state index in [1.165, 1.54) is 12.8 Å². The Balaban J connectivity index is 1.50. The quantitative estimate of drug-likeness (QED) is 0.817. The Morgan fingerprint density at radius 1 is 1.00 bits per heavy atom. The van der Waals surface area contributed by atoms with E-state index >= 15 is 0 Å². The molecule has 4 fully saturated rings. The van der Waals surface area contributed by atoms with Crippen molar-refractivity contribution in [1.82, 2.24) is 14.7 Å². The Morgan fingerprint density at radius 3 is 2.33 bits per heavy atom. The standard InChI is InChI=1S/C15H24N4O2/c16-14(20)13-12-2-1-7-18(12)15(21)19(13)11-5-8-17(9-6-11)10-3-4-10/h10-13H,1-9H2,(H2,16,20)/t12-,13?/m1/s1. The van der Waals surface area contributed by atoms with Crippen LogP contribution in [0.5, 0.6) is 0 Å². The maximum absolute atomic E-state index is 12.7. The fourth-order valence-electron chi connectivity index (χ4n) is 4.49. The zero-order chi connectivity index (χ0) is 14.6. The Labute approximate surface area is 125 Å². The van der Waals surface area contributed by atoms with E-state index in [1.807, 2.05) is 9.80 Å². The van der Waals surface area contributed by atoms with Crippen LogP contribution in [0.4, 0.5) is 4.79 Å². The highest BCUT2D eigenvalue weighted by molar-refractivity contribution is 5.91. The second kappa shape index (κ2) is 4.87. The number of hydrogen-bond donors (Lipinski definition) is 1. The lowest BCUT2D eigenvalue weighted by Gasteiger charge is -2.38. The molecule has 0 radical (unpaired) electrons. The lowest BCUT2D eigenvalue weighted by molar-refractivity contribution is -0.123. The number of piperidine rings is 1. The summed E-state index contributed by atoms with van der Waals surface area (Å²) in [5, 5.41) is 0. The highest BCUT2D eigenvalue weighted by Gasteiger charge is 2.53. The molecule has 2 N–H and O–H groups in total. The summed E-state index contributed by atoms with van der Waals surface area (Å²) in [6, 6.07) is 0.644. The van der Waals surface area contributed by atoms with Crippen molar-refractivity contribution in [2.24, 2.45) is 5.73 Å². The molecule has 3 aliphatic heterocycles. The Kier molecular flexibility index (Phi) is 3.10. The van der Waals surface area contributed by atoms with Crippen LogP contribution in [0.2, 0.25) is 0 Å². The molecular weight excluding hydrogens is 268 g/mol. The number of rotatable bonds is 3. The number of nitrogens with zero attached hydrogens (tertiary/aromatic N) is 3. The van der Waals surface area contributed by atoms with Crippen LogP contribution >= 0.6 is 0 Å². The summed E-state index contributed by atoms with van der Waals surface area (Å²) in [6.07, 6.45) is 6.52. The van der Waals surface area contributed by atoms with Crippen LogP contribution in [0.1, 0.15) is 38.5 Å². The van der Waals surface area contributed by atoms with Gasteiger partial charge in [0.05, 0.1) is 6.04 Å². The van der Waals surface area contributed by atoms with Gasteiger partial charge in [0.2, 0.25) is 5.91 Å². The minimum Gasteiger partial charge on any atom is -0.368 e. The van der Waals surface area contributed by atoms with Crippen LogP contribution in [0, 0.1) is 0 Å². The summed E-state index contributed by atoms with van der Waals surface area (Å²) >= 11 is 0. The SMILES string of the molecule is NC(=O)C1[C@H]2CCCN2C(=O)N1C1CCN(C2CC2)CC1. The number of fused-ring (bicyclic) bond motifs is 1. The maximum Gasteiger partial charge on any atom is 0.321 e. The molecule has 3 heterocycles. The van der Waals surface area contributed by atoms with Crippen LogP contribution in [0.15, 0.2) is 0 Å². The van der Waals surface area contributed by atoms with Crippen LogP contribution in [0.3, 0.4) is 0 Å². The number of hydrogen-bond acceptors (Lipinski definition) is 3. The first-order chi connectivity index (χ1) is 10.2. The molecule has 116 valence electrons. The van der Waals surface area contributed by atoms with Crippen molar-refractivity contribution in [1.29, 1.82) is 0 Å². The van der Waals surface area contributed by atoms with Crippen LogP contribution in [-0.2, 0) is 4.79 Å². The Morgan fingerprint density at radius 2 is 1.71 bits per heavy atom. The molecule has 6 heteroatoms. The molecule has 4 aliphatic rings. The molecule has 2 atom stereocenters. The normalized spacial score (nSPS) is 34.6. The fraction of sp³-hybridized carbons (Fsp3) is 0.867. The number of primary amides is 1. The van der Waals surface area contributed by atoms with E-state index in [4.69, 9.17) is 5.73 Å². The van der Waals surface area contributed by atoms with Gasteiger partial charge in [0, 0.05) is 31.7 Å². The summed E-state index contributed by atoms with van der Waals surface area (Å²) in [6.45, 7) is 2.88. The van der Waals surface area contributed by atoms with Gasteiger partial charge in [0.15, 0.2) is 0 Å². The van der Waals surface area contributed by atoms with Gasteiger partial charge in [-0.3, -0.25) is 4.79 Å². The number of urea groups is 1. The minimum absolute atomic E-state index is 0.0245. The highest BCUT2D eigenvalue weighted by Crippen LogP contribution is 2.36. The molecule has 4 rings (SSSR count). The first-order valence-electron chi connectivity index (χ1n) is 8.29. The van der Waals surface area contributed by atoms with Crippen molar-refractivity contribution in [3.8, 4) is 0 Å². The van der Waals surface area contributed by atoms with E-state index in [0.29, 0.717) is 0 Å². The van der Waals surface area contributed by atoms with E-state index < -0.39 is 6.04 Å². The van der Waals surface area contributed by atoms with E-state index in [1.54, 1.807) is 0 Å². The fourth-order valence-corrected chi connectivity index (χ4v) is 4.49. The van der Waals surface area contributed by atoms with Gasteiger partial charge in [-0.25, -0.2) is 4.79 Å². The molecule has 3 amide bonds. The molecule has 0 spiro atoms. The molecular formula is C15H24N4O2. The van der Waals surface area contributed by atoms with Crippen LogP contribution in [-0.4, -0.2) is 70.4 Å². The third-order valence-electron chi connectivity index (χ3n) is 5.68. The van der Waals surface area contributed by atoms with Gasteiger partial charge < -0.3 is 20.4 Å². The smallest absolute Gasteiger partial charge is 0.321 e. The predicted molar refractivity (Wildman–Crippen MR) is 77.6 cm³/mol. The molecule has 21 heavy (non-hydrogen) atoms. The Bertz CT molecular complexity index is 457. The van der Waals surface area contributed by atoms with Gasteiger partial charge in [-0.2, -0.15) is 0 Å². The summed E-state index contributed by atoms with van der Waals surface area (Å²) in [4.78, 5) is 30.8. The van der Waals surface area contributed by atoms with Crippen molar-refractivity contribution in [2.75, 3.05) is 19.6 Å². The van der Waals surface area contributed by atoms with E-state index in [9.17, 15) is 9.59 Å². The van der Waals surface area contributed by atoms with Crippen LogP contribution < -0.4 is 5.73 Å². The second-order valence-corrected chi connectivity index (χ2v) is 6.94. The summed E-state index contributed by atoms with van der Waals surface area (Å²) in [5.41, 5.74) is 5.63. The zero-order valence-corrected chi connectivity index (χ0v) is 12.4. The molecule has 0 bridgehead atoms. The highest BCUT2D eigenvalue weighted by atomic mass is 16.2. The Hall–Kier alpha value is -1.30. The number of likely N-dealkylation sites (tertiary alicyclic amines) is 1. The molecule has 6 nitrogen and oxygen atoms in total. The van der Waals surface area contributed by atoms with Gasteiger partial charge in [0.25, 0.3) is 0 Å². The average molecular weight is 292 g/mol. The summed E-state index contributed by atoms with van der Waals surface area (Å²) in [5.74, 6) is -0.331. The molecule has 1 aliphatic carbocycles. The van der Waals surface area contributed by atoms with Gasteiger partial charge in [0.1, 0.15) is 6.04 Å². The monoisotopic (exact) mass is 292 g/mol. The predicted octanol–water partition coefficient (Wildman–Crippen LogP) is 0.367. The third-order valence-corrected chi connectivity index (χ3v) is 5.68. The third kappa shape index (κ3) is 2.11. The van der Waals surface area contributed by atoms with Crippen molar-refractivity contribution in [3.63, 3.8) is 0 Å². The molecule has 3 saturated heterocycles. The molecule has 1 unspecified atom stereocenters. The first-order valence-corrected chi connectivity index (χ1v) is 8.29. The van der Waals surface area contributed by atoms with Gasteiger partial charge in [-0.1, -0.05) is 0 Å². The van der Waals surface area contributed by atoms with E-state index in [2.05, 4.69) is 4.90 Å². The van der Waals surface area contributed by atoms with Gasteiger partial charge in [-0.15, -0.1) is 0 Å². The van der Waals surface area contributed by atoms with Gasteiger partial charge in [-0.05, 0) is 38.5 Å². The van der Waals surface area contributed by atoms with Gasteiger partial charge >= 0.3 is 6.03 Å². The molecule has 0 aromatic rings. The van der Waals surface area contributed by atoms with E-state index in [-0.39, 0.29) is 24.0 Å². The van der Waals surface area contributed by atoms with Crippen molar-refractivity contribution < 1.29 is 9.59 Å². The minimum atomic E-state index is -0.405. The number of nitrogens with two attached hydrogens (primary N) is 1. The summed E-state index contributed by atoms with van der Waals surface area (Å²) in [7, 11) is 0. The van der Waals surface area contributed by atoms with Crippen LogP contribution in [0.25, 0.3) is 0 Å². The van der Waals surface area contributed by atoms with Crippen molar-refractivity contribution in [3.05, 3.63) is 0 Å². The largest absolute Gasteiger partial charge is 0.368 e. The number of carbonyl (C=O) groups excluding carboxylic acids is 2. The molecule has 0 aromatic heterocycles. The first kappa shape index (κ1) is 13.4. The van der Waals surface area contributed by atoms with Crippen molar-refractivity contribution >= 4 is 11.9 Å². The topological polar surface area (TPSA) is 69.9 Å². The average Bonchev–Trinajstić information content (AvgIpc) is 3.14. The summed E-state index contributed by atoms with van der Waals surface area (Å²) < 4.78 is 0. The lowest BCUT2D eigenvalue weighted by Crippen LogP contribution is -2.54. The number of amides is 3.